The Morgan fingerprint density at radius 3 is 2.41 bits per heavy atom. The van der Waals surface area contributed by atoms with Gasteiger partial charge in [0, 0.05) is 29.6 Å². The Balaban J connectivity index is 1.82. The molecule has 1 aromatic heterocycles. The first-order valence-corrected chi connectivity index (χ1v) is 7.24. The number of hydrogen-bond acceptors (Lipinski definition) is 4. The predicted octanol–water partition coefficient (Wildman–Crippen LogP) is 4.64. The van der Waals surface area contributed by atoms with Crippen molar-refractivity contribution in [2.75, 3.05) is 17.3 Å². The van der Waals surface area contributed by atoms with E-state index in [-0.39, 0.29) is 0 Å². The molecule has 5 heteroatoms. The summed E-state index contributed by atoms with van der Waals surface area (Å²) in [5.41, 5.74) is 1.96. The van der Waals surface area contributed by atoms with E-state index in [1.807, 2.05) is 72.6 Å². The number of anilines is 4. The normalized spacial score (nSPS) is 10.3. The minimum absolute atomic E-state index is 0.544. The van der Waals surface area contributed by atoms with E-state index in [1.165, 1.54) is 0 Å². The number of halogens is 1. The second-order valence-corrected chi connectivity index (χ2v) is 5.20. The second kappa shape index (κ2) is 6.45. The number of rotatable bonds is 4. The highest BCUT2D eigenvalue weighted by atomic mass is 35.5. The van der Waals surface area contributed by atoms with Crippen molar-refractivity contribution >= 4 is 34.7 Å². The van der Waals surface area contributed by atoms with Gasteiger partial charge in [0.15, 0.2) is 0 Å². The molecule has 4 nitrogen and oxygen atoms in total. The van der Waals surface area contributed by atoms with Crippen LogP contribution in [0, 0.1) is 0 Å². The Hall–Kier alpha value is -2.59. The van der Waals surface area contributed by atoms with Crippen molar-refractivity contribution in [1.82, 2.24) is 9.97 Å². The lowest BCUT2D eigenvalue weighted by molar-refractivity contribution is 1.08. The van der Waals surface area contributed by atoms with Gasteiger partial charge in [-0.3, -0.25) is 0 Å². The molecule has 0 saturated heterocycles. The van der Waals surface area contributed by atoms with Gasteiger partial charge in [0.05, 0.1) is 0 Å². The third-order valence-electron chi connectivity index (χ3n) is 3.23. The number of benzene rings is 2. The van der Waals surface area contributed by atoms with Crippen molar-refractivity contribution in [3.8, 4) is 0 Å². The minimum atomic E-state index is 0.544. The Kier molecular flexibility index (Phi) is 4.21. The van der Waals surface area contributed by atoms with Crippen LogP contribution in [0.5, 0.6) is 0 Å². The highest BCUT2D eigenvalue weighted by Gasteiger charge is 2.06. The Bertz CT molecular complexity index is 744. The molecule has 0 bridgehead atoms. The Morgan fingerprint density at radius 1 is 0.955 bits per heavy atom. The zero-order valence-electron chi connectivity index (χ0n) is 12.1. The average Bonchev–Trinajstić information content (AvgIpc) is 2.57. The van der Waals surface area contributed by atoms with Crippen molar-refractivity contribution in [3.63, 3.8) is 0 Å². The number of hydrogen-bond donors (Lipinski definition) is 1. The fourth-order valence-electron chi connectivity index (χ4n) is 2.04. The first-order valence-electron chi connectivity index (χ1n) is 6.87. The molecule has 0 unspecified atom stereocenters. The maximum Gasteiger partial charge on any atom is 0.229 e. The van der Waals surface area contributed by atoms with Gasteiger partial charge < -0.3 is 10.2 Å². The van der Waals surface area contributed by atoms with Gasteiger partial charge in [0.1, 0.15) is 5.82 Å². The van der Waals surface area contributed by atoms with Crippen LogP contribution in [0.15, 0.2) is 66.9 Å². The summed E-state index contributed by atoms with van der Waals surface area (Å²) in [6, 6.07) is 19.4. The molecular weight excluding hydrogens is 296 g/mol. The van der Waals surface area contributed by atoms with Crippen LogP contribution in [0.1, 0.15) is 0 Å². The van der Waals surface area contributed by atoms with Gasteiger partial charge in [-0.15, -0.1) is 0 Å². The van der Waals surface area contributed by atoms with Gasteiger partial charge in [-0.05, 0) is 42.5 Å². The van der Waals surface area contributed by atoms with Crippen LogP contribution < -0.4 is 10.2 Å². The molecule has 3 rings (SSSR count). The number of nitrogens with one attached hydrogen (secondary N) is 1. The van der Waals surface area contributed by atoms with E-state index in [0.717, 1.165) is 17.2 Å². The van der Waals surface area contributed by atoms with Crippen LogP contribution in [0.4, 0.5) is 23.1 Å². The first kappa shape index (κ1) is 14.4. The number of para-hydroxylation sites is 1. The van der Waals surface area contributed by atoms with Crippen molar-refractivity contribution in [2.24, 2.45) is 0 Å². The third-order valence-corrected chi connectivity index (χ3v) is 3.48. The van der Waals surface area contributed by atoms with Crippen LogP contribution in [-0.4, -0.2) is 17.0 Å². The molecule has 1 N–H and O–H groups in total. The van der Waals surface area contributed by atoms with E-state index in [4.69, 9.17) is 11.6 Å². The van der Waals surface area contributed by atoms with Gasteiger partial charge in [-0.2, -0.15) is 4.98 Å². The standard InChI is InChI=1S/C17H15ClN4/c1-22(15-5-3-2-4-6-15)16-11-12-19-17(21-16)20-14-9-7-13(18)8-10-14/h2-12H,1H3,(H,19,20,21). The molecule has 0 amide bonds. The van der Waals surface area contributed by atoms with Crippen LogP contribution in [0.2, 0.25) is 5.02 Å². The summed E-state index contributed by atoms with van der Waals surface area (Å²) in [6.45, 7) is 0. The van der Waals surface area contributed by atoms with Crippen molar-refractivity contribution in [2.45, 2.75) is 0 Å². The van der Waals surface area contributed by atoms with E-state index >= 15 is 0 Å². The molecule has 22 heavy (non-hydrogen) atoms. The van der Waals surface area contributed by atoms with E-state index in [9.17, 15) is 0 Å². The molecule has 0 radical (unpaired) electrons. The van der Waals surface area contributed by atoms with Gasteiger partial charge in [0.25, 0.3) is 0 Å². The molecular formula is C17H15ClN4. The zero-order chi connectivity index (χ0) is 15.4. The lowest BCUT2D eigenvalue weighted by Crippen LogP contribution is -2.12. The summed E-state index contributed by atoms with van der Waals surface area (Å²) in [6.07, 6.45) is 1.74. The average molecular weight is 311 g/mol. The fourth-order valence-corrected chi connectivity index (χ4v) is 2.17. The van der Waals surface area contributed by atoms with Gasteiger partial charge in [-0.1, -0.05) is 29.8 Å². The molecule has 1 heterocycles. The van der Waals surface area contributed by atoms with Gasteiger partial charge in [-0.25, -0.2) is 4.98 Å². The van der Waals surface area contributed by atoms with Crippen LogP contribution >= 0.6 is 11.6 Å². The third kappa shape index (κ3) is 3.35. The molecule has 0 saturated carbocycles. The quantitative estimate of drug-likeness (QED) is 0.762. The summed E-state index contributed by atoms with van der Waals surface area (Å²) in [4.78, 5) is 10.8. The highest BCUT2D eigenvalue weighted by molar-refractivity contribution is 6.30. The summed E-state index contributed by atoms with van der Waals surface area (Å²) < 4.78 is 0. The van der Waals surface area contributed by atoms with Gasteiger partial charge >= 0.3 is 0 Å². The monoisotopic (exact) mass is 310 g/mol. The van der Waals surface area contributed by atoms with Crippen molar-refractivity contribution < 1.29 is 0 Å². The molecule has 0 aliphatic carbocycles. The zero-order valence-corrected chi connectivity index (χ0v) is 12.8. The number of nitrogens with zero attached hydrogens (tertiary/aromatic N) is 3. The van der Waals surface area contributed by atoms with Crippen molar-refractivity contribution in [3.05, 3.63) is 71.9 Å². The molecule has 0 fully saturated rings. The summed E-state index contributed by atoms with van der Waals surface area (Å²) in [5.74, 6) is 1.36. The fraction of sp³-hybridized carbons (Fsp3) is 0.0588. The summed E-state index contributed by atoms with van der Waals surface area (Å²) >= 11 is 5.88. The molecule has 3 aromatic rings. The van der Waals surface area contributed by atoms with E-state index in [1.54, 1.807) is 6.20 Å². The Morgan fingerprint density at radius 2 is 1.68 bits per heavy atom. The molecule has 0 atom stereocenters. The topological polar surface area (TPSA) is 41.1 Å². The lowest BCUT2D eigenvalue weighted by Gasteiger charge is -2.18. The molecule has 2 aromatic carbocycles. The highest BCUT2D eigenvalue weighted by Crippen LogP contribution is 2.22. The van der Waals surface area contributed by atoms with E-state index in [0.29, 0.717) is 11.0 Å². The van der Waals surface area contributed by atoms with Crippen LogP contribution in [0.3, 0.4) is 0 Å². The second-order valence-electron chi connectivity index (χ2n) is 4.76. The van der Waals surface area contributed by atoms with Crippen LogP contribution in [0.25, 0.3) is 0 Å². The Labute approximate surface area is 134 Å². The lowest BCUT2D eigenvalue weighted by atomic mass is 10.3. The largest absolute Gasteiger partial charge is 0.329 e. The molecule has 0 aliphatic rings. The SMILES string of the molecule is CN(c1ccccc1)c1ccnc(Nc2ccc(Cl)cc2)n1. The van der Waals surface area contributed by atoms with E-state index < -0.39 is 0 Å². The minimum Gasteiger partial charge on any atom is -0.329 e. The maximum absolute atomic E-state index is 5.88. The van der Waals surface area contributed by atoms with Gasteiger partial charge in [0.2, 0.25) is 5.95 Å². The summed E-state index contributed by atoms with van der Waals surface area (Å²) in [7, 11) is 1.98. The molecule has 110 valence electrons. The number of aromatic nitrogens is 2. The predicted molar refractivity (Wildman–Crippen MR) is 91.3 cm³/mol. The smallest absolute Gasteiger partial charge is 0.229 e. The summed E-state index contributed by atoms with van der Waals surface area (Å²) in [5, 5.41) is 3.87. The first-order chi connectivity index (χ1) is 10.7. The molecule has 0 aliphatic heterocycles. The van der Waals surface area contributed by atoms with Crippen LogP contribution in [-0.2, 0) is 0 Å². The maximum atomic E-state index is 5.88. The van der Waals surface area contributed by atoms with E-state index in [2.05, 4.69) is 15.3 Å². The van der Waals surface area contributed by atoms with Crippen molar-refractivity contribution in [1.29, 1.82) is 0 Å². The molecule has 0 spiro atoms.